The van der Waals surface area contributed by atoms with Crippen LogP contribution in [0.2, 0.25) is 0 Å². The lowest BCUT2D eigenvalue weighted by Gasteiger charge is -2.23. The van der Waals surface area contributed by atoms with Crippen LogP contribution in [0.3, 0.4) is 0 Å². The Morgan fingerprint density at radius 1 is 0.861 bits per heavy atom. The highest BCUT2D eigenvalue weighted by Crippen LogP contribution is 2.37. The summed E-state index contributed by atoms with van der Waals surface area (Å²) in [5.74, 6) is 1.60. The Labute approximate surface area is 218 Å². The SMILES string of the molecule is CCCCCCCCOc1c(OC)ccc2c1CC[N+](Cc1cccc(F)c1)=C2CCCCCCC. The molecule has 0 unspecified atom stereocenters. The zero-order valence-corrected chi connectivity index (χ0v) is 22.9. The number of nitrogens with zero attached hydrogens (tertiary/aromatic N) is 1. The molecule has 0 aromatic heterocycles. The van der Waals surface area contributed by atoms with Gasteiger partial charge in [0.1, 0.15) is 12.4 Å². The summed E-state index contributed by atoms with van der Waals surface area (Å²) in [6.45, 7) is 6.89. The first kappa shape index (κ1) is 28.2. The predicted octanol–water partition coefficient (Wildman–Crippen LogP) is 8.49. The van der Waals surface area contributed by atoms with E-state index in [4.69, 9.17) is 9.47 Å². The van der Waals surface area contributed by atoms with Crippen molar-refractivity contribution in [3.05, 3.63) is 58.9 Å². The lowest BCUT2D eigenvalue weighted by Crippen LogP contribution is -2.30. The number of benzene rings is 2. The summed E-state index contributed by atoms with van der Waals surface area (Å²) in [6.07, 6.45) is 15.7. The predicted molar refractivity (Wildman–Crippen MR) is 148 cm³/mol. The van der Waals surface area contributed by atoms with Gasteiger partial charge in [-0.1, -0.05) is 83.8 Å². The normalized spacial score (nSPS) is 13.1. The van der Waals surface area contributed by atoms with Crippen molar-refractivity contribution in [2.45, 2.75) is 104 Å². The van der Waals surface area contributed by atoms with E-state index in [2.05, 4.69) is 30.6 Å². The number of unbranched alkanes of at least 4 members (excludes halogenated alkanes) is 9. The molecule has 0 fully saturated rings. The maximum absolute atomic E-state index is 13.9. The Bertz CT molecular complexity index is 969. The van der Waals surface area contributed by atoms with Crippen LogP contribution in [0.1, 0.15) is 108 Å². The van der Waals surface area contributed by atoms with Gasteiger partial charge in [-0.05, 0) is 37.1 Å². The molecule has 1 aliphatic heterocycles. The summed E-state index contributed by atoms with van der Waals surface area (Å²) in [5.41, 5.74) is 4.95. The molecular weight excluding hydrogens is 449 g/mol. The van der Waals surface area contributed by atoms with Gasteiger partial charge >= 0.3 is 0 Å². The molecule has 0 spiro atoms. The minimum atomic E-state index is -0.166. The highest BCUT2D eigenvalue weighted by Gasteiger charge is 2.29. The molecule has 2 aromatic rings. The van der Waals surface area contributed by atoms with Crippen LogP contribution in [-0.2, 0) is 13.0 Å². The van der Waals surface area contributed by atoms with E-state index in [0.717, 1.165) is 56.0 Å². The van der Waals surface area contributed by atoms with Crippen LogP contribution < -0.4 is 9.47 Å². The average Bonchev–Trinajstić information content (AvgIpc) is 2.88. The smallest absolute Gasteiger partial charge is 0.184 e. The van der Waals surface area contributed by atoms with Crippen LogP contribution in [-0.4, -0.2) is 30.5 Å². The Morgan fingerprint density at radius 2 is 1.58 bits per heavy atom. The largest absolute Gasteiger partial charge is 0.493 e. The summed E-state index contributed by atoms with van der Waals surface area (Å²) >= 11 is 0. The lowest BCUT2D eigenvalue weighted by molar-refractivity contribution is -0.545. The number of hydrogen-bond donors (Lipinski definition) is 0. The van der Waals surface area contributed by atoms with E-state index in [1.54, 1.807) is 13.2 Å². The summed E-state index contributed by atoms with van der Waals surface area (Å²) in [5, 5.41) is 0. The van der Waals surface area contributed by atoms with E-state index in [0.29, 0.717) is 0 Å². The molecule has 0 atom stereocenters. The molecule has 1 heterocycles. The molecule has 2 aromatic carbocycles. The Hall–Kier alpha value is -2.36. The van der Waals surface area contributed by atoms with Gasteiger partial charge in [-0.25, -0.2) is 8.97 Å². The van der Waals surface area contributed by atoms with Gasteiger partial charge in [0, 0.05) is 29.5 Å². The number of rotatable bonds is 17. The van der Waals surface area contributed by atoms with Crippen LogP contribution in [0.25, 0.3) is 0 Å². The molecule has 4 heteroatoms. The van der Waals surface area contributed by atoms with Crippen molar-refractivity contribution < 1.29 is 18.4 Å². The third-order valence-corrected chi connectivity index (χ3v) is 7.29. The second kappa shape index (κ2) is 15.7. The minimum absolute atomic E-state index is 0.166. The molecule has 36 heavy (non-hydrogen) atoms. The fourth-order valence-corrected chi connectivity index (χ4v) is 5.27. The Balaban J connectivity index is 1.81. The Kier molecular flexibility index (Phi) is 12.3. The highest BCUT2D eigenvalue weighted by atomic mass is 19.1. The van der Waals surface area contributed by atoms with E-state index >= 15 is 0 Å². The maximum atomic E-state index is 13.9. The van der Waals surface area contributed by atoms with E-state index < -0.39 is 0 Å². The molecule has 0 N–H and O–H groups in total. The summed E-state index contributed by atoms with van der Waals surface area (Å²) in [4.78, 5) is 0. The van der Waals surface area contributed by atoms with E-state index in [9.17, 15) is 4.39 Å². The molecule has 3 rings (SSSR count). The van der Waals surface area contributed by atoms with E-state index in [1.165, 1.54) is 87.1 Å². The molecule has 0 aliphatic carbocycles. The van der Waals surface area contributed by atoms with Crippen molar-refractivity contribution in [2.24, 2.45) is 0 Å². The standard InChI is InChI=1S/C32H47FNO2/c1-4-6-8-10-12-14-23-36-32-29-21-22-34(25-26-16-15-17-27(33)24-26)30(18-13-11-9-7-5-2)28(29)19-20-31(32)35-3/h15-17,19-20,24H,4-14,18,21-23,25H2,1-3H3/q+1. The average molecular weight is 497 g/mol. The van der Waals surface area contributed by atoms with Crippen molar-refractivity contribution in [3.8, 4) is 11.5 Å². The van der Waals surface area contributed by atoms with Crippen molar-refractivity contribution in [1.29, 1.82) is 0 Å². The van der Waals surface area contributed by atoms with E-state index in [1.807, 2.05) is 12.1 Å². The quantitative estimate of drug-likeness (QED) is 0.162. The monoisotopic (exact) mass is 496 g/mol. The van der Waals surface area contributed by atoms with Crippen LogP contribution in [0.15, 0.2) is 36.4 Å². The molecule has 0 saturated carbocycles. The first-order valence-corrected chi connectivity index (χ1v) is 14.4. The molecule has 0 radical (unpaired) electrons. The lowest BCUT2D eigenvalue weighted by atomic mass is 9.92. The summed E-state index contributed by atoms with van der Waals surface area (Å²) in [7, 11) is 1.73. The second-order valence-corrected chi connectivity index (χ2v) is 10.2. The highest BCUT2D eigenvalue weighted by molar-refractivity contribution is 5.99. The zero-order valence-electron chi connectivity index (χ0n) is 22.9. The third kappa shape index (κ3) is 8.35. The summed E-state index contributed by atoms with van der Waals surface area (Å²) < 4.78 is 28.5. The van der Waals surface area contributed by atoms with Crippen molar-refractivity contribution in [3.63, 3.8) is 0 Å². The zero-order chi connectivity index (χ0) is 25.6. The minimum Gasteiger partial charge on any atom is -0.493 e. The van der Waals surface area contributed by atoms with Gasteiger partial charge < -0.3 is 9.47 Å². The van der Waals surface area contributed by atoms with Crippen LogP contribution in [0.5, 0.6) is 11.5 Å². The molecule has 198 valence electrons. The molecule has 0 saturated heterocycles. The fraction of sp³-hybridized carbons (Fsp3) is 0.594. The van der Waals surface area contributed by atoms with Crippen molar-refractivity contribution in [2.75, 3.05) is 20.3 Å². The third-order valence-electron chi connectivity index (χ3n) is 7.29. The number of fused-ring (bicyclic) bond motifs is 1. The van der Waals surface area contributed by atoms with Gasteiger partial charge in [-0.2, -0.15) is 0 Å². The van der Waals surface area contributed by atoms with Crippen molar-refractivity contribution >= 4 is 5.71 Å². The number of hydrogen-bond acceptors (Lipinski definition) is 2. The molecule has 0 bridgehead atoms. The summed E-state index contributed by atoms with van der Waals surface area (Å²) in [6, 6.07) is 11.3. The van der Waals surface area contributed by atoms with Crippen LogP contribution >= 0.6 is 0 Å². The van der Waals surface area contributed by atoms with Gasteiger partial charge in [0.25, 0.3) is 0 Å². The first-order chi connectivity index (χ1) is 17.7. The number of ether oxygens (including phenoxy) is 2. The van der Waals surface area contributed by atoms with Gasteiger partial charge in [-0.15, -0.1) is 0 Å². The molecular formula is C32H47FNO2+. The van der Waals surface area contributed by atoms with Gasteiger partial charge in [0.05, 0.1) is 13.7 Å². The molecule has 1 aliphatic rings. The second-order valence-electron chi connectivity index (χ2n) is 10.2. The van der Waals surface area contributed by atoms with Gasteiger partial charge in [0.2, 0.25) is 0 Å². The topological polar surface area (TPSA) is 21.5 Å². The number of halogens is 1. The molecule has 0 amide bonds. The van der Waals surface area contributed by atoms with Gasteiger partial charge in [-0.3, -0.25) is 0 Å². The first-order valence-electron chi connectivity index (χ1n) is 14.4. The van der Waals surface area contributed by atoms with Crippen LogP contribution in [0, 0.1) is 5.82 Å². The van der Waals surface area contributed by atoms with E-state index in [-0.39, 0.29) is 5.82 Å². The van der Waals surface area contributed by atoms with Gasteiger partial charge in [0.15, 0.2) is 23.8 Å². The maximum Gasteiger partial charge on any atom is 0.184 e. The Morgan fingerprint density at radius 3 is 2.31 bits per heavy atom. The van der Waals surface area contributed by atoms with Crippen molar-refractivity contribution in [1.82, 2.24) is 0 Å². The fourth-order valence-electron chi connectivity index (χ4n) is 5.27. The number of methoxy groups -OCH3 is 1. The van der Waals surface area contributed by atoms with Crippen LogP contribution in [0.4, 0.5) is 4.39 Å². The molecule has 3 nitrogen and oxygen atoms in total.